The molecule has 2 aromatic heterocycles. The van der Waals surface area contributed by atoms with Crippen LogP contribution in [0.15, 0.2) is 47.0 Å². The molecule has 0 saturated carbocycles. The molecule has 0 atom stereocenters. The van der Waals surface area contributed by atoms with Crippen LogP contribution in [0.25, 0.3) is 33.2 Å². The Morgan fingerprint density at radius 3 is 2.15 bits per heavy atom. The number of para-hydroxylation sites is 1. The summed E-state index contributed by atoms with van der Waals surface area (Å²) in [5.74, 6) is 0. The molecule has 0 fully saturated rings. The van der Waals surface area contributed by atoms with Crippen LogP contribution in [-0.2, 0) is 23.3 Å². The van der Waals surface area contributed by atoms with Gasteiger partial charge in [-0.25, -0.2) is 4.57 Å². The number of aromatic nitrogens is 1. The van der Waals surface area contributed by atoms with Gasteiger partial charge in [0.25, 0.3) is 0 Å². The molecule has 2 nitrogen and oxygen atoms in total. The van der Waals surface area contributed by atoms with Crippen molar-refractivity contribution in [3.8, 4) is 11.3 Å². The number of rotatable bonds is 1. The number of hydrogen-bond acceptors (Lipinski definition) is 1. The maximum Gasteiger partial charge on any atom is 0.216 e. The van der Waals surface area contributed by atoms with Crippen LogP contribution in [0, 0.1) is 6.92 Å². The Morgan fingerprint density at radius 1 is 0.879 bits per heavy atom. The van der Waals surface area contributed by atoms with Gasteiger partial charge in [-0.1, -0.05) is 66.7 Å². The Hall–Kier alpha value is -2.61. The zero-order chi connectivity index (χ0) is 23.9. The highest BCUT2D eigenvalue weighted by molar-refractivity contribution is 6.12. The van der Waals surface area contributed by atoms with E-state index in [1.165, 1.54) is 57.1 Å². The first-order valence-corrected chi connectivity index (χ1v) is 12.3. The van der Waals surface area contributed by atoms with E-state index in [0.717, 1.165) is 11.2 Å². The van der Waals surface area contributed by atoms with Crippen molar-refractivity contribution in [3.05, 3.63) is 64.8 Å². The molecule has 0 aliphatic heterocycles. The average molecular weight is 441 g/mol. The summed E-state index contributed by atoms with van der Waals surface area (Å²) in [5.41, 5.74) is 10.5. The fourth-order valence-electron chi connectivity index (χ4n) is 6.09. The highest BCUT2D eigenvalue weighted by Crippen LogP contribution is 2.54. The van der Waals surface area contributed by atoms with Crippen LogP contribution < -0.4 is 4.57 Å². The van der Waals surface area contributed by atoms with E-state index >= 15 is 0 Å². The molecule has 2 aromatic carbocycles. The Bertz CT molecular complexity index is 1410. The second-order valence-electron chi connectivity index (χ2n) is 12.5. The van der Waals surface area contributed by atoms with Crippen LogP contribution in [0.4, 0.5) is 0 Å². The smallest absolute Gasteiger partial charge is 0.216 e. The molecule has 0 bridgehead atoms. The van der Waals surface area contributed by atoms with E-state index in [9.17, 15) is 0 Å². The molecule has 172 valence electrons. The first kappa shape index (κ1) is 22.2. The van der Waals surface area contributed by atoms with Crippen LogP contribution in [0.1, 0.15) is 83.6 Å². The number of aryl methyl sites for hydroxylation is 1. The molecule has 0 unspecified atom stereocenters. The molecule has 2 heterocycles. The van der Waals surface area contributed by atoms with Gasteiger partial charge in [-0.2, -0.15) is 0 Å². The third-order valence-corrected chi connectivity index (χ3v) is 8.06. The maximum absolute atomic E-state index is 6.69. The third kappa shape index (κ3) is 3.25. The van der Waals surface area contributed by atoms with Gasteiger partial charge in [-0.3, -0.25) is 0 Å². The summed E-state index contributed by atoms with van der Waals surface area (Å²) in [6.07, 6.45) is 4.68. The quantitative estimate of drug-likeness (QED) is 0.274. The molecule has 2 heteroatoms. The summed E-state index contributed by atoms with van der Waals surface area (Å²) in [4.78, 5) is 0. The van der Waals surface area contributed by atoms with Crippen molar-refractivity contribution in [2.24, 2.45) is 7.05 Å². The second-order valence-corrected chi connectivity index (χ2v) is 12.5. The zero-order valence-electron chi connectivity index (χ0n) is 21.8. The predicted octanol–water partition coefficient (Wildman–Crippen LogP) is 8.03. The van der Waals surface area contributed by atoms with Crippen molar-refractivity contribution < 1.29 is 8.98 Å². The lowest BCUT2D eigenvalue weighted by molar-refractivity contribution is -0.661. The molecular weight excluding hydrogens is 402 g/mol. The lowest BCUT2D eigenvalue weighted by Gasteiger charge is -2.43. The fraction of sp³-hybridized carbons (Fsp3) is 0.452. The number of nitrogens with zero attached hydrogens (tertiary/aromatic N) is 1. The van der Waals surface area contributed by atoms with E-state index in [2.05, 4.69) is 110 Å². The van der Waals surface area contributed by atoms with Gasteiger partial charge < -0.3 is 4.42 Å². The Morgan fingerprint density at radius 2 is 1.52 bits per heavy atom. The van der Waals surface area contributed by atoms with E-state index < -0.39 is 0 Å². The second kappa shape index (κ2) is 6.95. The van der Waals surface area contributed by atoms with Gasteiger partial charge in [0.15, 0.2) is 6.20 Å². The Labute approximate surface area is 198 Å². The largest absolute Gasteiger partial charge is 0.455 e. The topological polar surface area (TPSA) is 17.0 Å². The number of furan rings is 1. The molecule has 4 aromatic rings. The molecule has 0 spiro atoms. The fourth-order valence-corrected chi connectivity index (χ4v) is 6.09. The minimum atomic E-state index is 0.108. The molecule has 1 aliphatic carbocycles. The minimum Gasteiger partial charge on any atom is -0.455 e. The van der Waals surface area contributed by atoms with Crippen molar-refractivity contribution >= 4 is 21.9 Å². The molecule has 0 saturated heterocycles. The first-order valence-electron chi connectivity index (χ1n) is 12.3. The minimum absolute atomic E-state index is 0.108. The van der Waals surface area contributed by atoms with Crippen LogP contribution >= 0.6 is 0 Å². The lowest BCUT2D eigenvalue weighted by Crippen LogP contribution is -2.36. The zero-order valence-corrected chi connectivity index (χ0v) is 21.8. The number of pyridine rings is 1. The maximum atomic E-state index is 6.69. The van der Waals surface area contributed by atoms with Crippen molar-refractivity contribution in [2.75, 3.05) is 0 Å². The van der Waals surface area contributed by atoms with Gasteiger partial charge in [-0.05, 0) is 64.8 Å². The summed E-state index contributed by atoms with van der Waals surface area (Å²) in [5, 5.41) is 2.56. The molecule has 0 radical (unpaired) electrons. The summed E-state index contributed by atoms with van der Waals surface area (Å²) >= 11 is 0. The molecule has 5 rings (SSSR count). The van der Waals surface area contributed by atoms with Gasteiger partial charge in [0.1, 0.15) is 18.2 Å². The van der Waals surface area contributed by atoms with E-state index in [-0.39, 0.29) is 16.2 Å². The first-order chi connectivity index (χ1) is 15.3. The summed E-state index contributed by atoms with van der Waals surface area (Å²) < 4.78 is 8.98. The predicted molar refractivity (Wildman–Crippen MR) is 139 cm³/mol. The summed E-state index contributed by atoms with van der Waals surface area (Å²) in [6, 6.07) is 13.2. The SMILES string of the molecule is Cc1c2c(c3c(oc4ccccc43)c1-c1ccc(C(C)(C)C)c[n+]1C)C(C)(C)CCC2(C)C. The van der Waals surface area contributed by atoms with Crippen molar-refractivity contribution in [1.82, 2.24) is 0 Å². The Balaban J connectivity index is 1.98. The molecule has 0 amide bonds. The van der Waals surface area contributed by atoms with Crippen molar-refractivity contribution in [2.45, 2.75) is 84.5 Å². The third-order valence-electron chi connectivity index (χ3n) is 8.06. The van der Waals surface area contributed by atoms with Gasteiger partial charge in [0.2, 0.25) is 5.69 Å². The highest BCUT2D eigenvalue weighted by atomic mass is 16.3. The van der Waals surface area contributed by atoms with Gasteiger partial charge >= 0.3 is 0 Å². The Kier molecular flexibility index (Phi) is 4.67. The normalized spacial score (nSPS) is 17.5. The van der Waals surface area contributed by atoms with Gasteiger partial charge in [0, 0.05) is 22.4 Å². The van der Waals surface area contributed by atoms with E-state index in [1.54, 1.807) is 0 Å². The average Bonchev–Trinajstić information content (AvgIpc) is 3.09. The van der Waals surface area contributed by atoms with Crippen LogP contribution in [0.5, 0.6) is 0 Å². The monoisotopic (exact) mass is 440 g/mol. The molecule has 1 aliphatic rings. The van der Waals surface area contributed by atoms with E-state index in [4.69, 9.17) is 4.42 Å². The number of hydrogen-bond donors (Lipinski definition) is 0. The highest BCUT2D eigenvalue weighted by Gasteiger charge is 2.42. The van der Waals surface area contributed by atoms with Gasteiger partial charge in [0.05, 0.1) is 5.56 Å². The van der Waals surface area contributed by atoms with Crippen LogP contribution in [0.3, 0.4) is 0 Å². The molecule has 0 N–H and O–H groups in total. The van der Waals surface area contributed by atoms with Crippen molar-refractivity contribution in [1.29, 1.82) is 0 Å². The van der Waals surface area contributed by atoms with Crippen LogP contribution in [0.2, 0.25) is 0 Å². The molecular formula is C31H38NO+. The molecule has 33 heavy (non-hydrogen) atoms. The van der Waals surface area contributed by atoms with E-state index in [1.807, 2.05) is 0 Å². The lowest BCUT2D eigenvalue weighted by atomic mass is 9.60. The number of benzene rings is 2. The van der Waals surface area contributed by atoms with E-state index in [0.29, 0.717) is 0 Å². The summed E-state index contributed by atoms with van der Waals surface area (Å²) in [7, 11) is 2.17. The number of fused-ring (bicyclic) bond motifs is 5. The van der Waals surface area contributed by atoms with Crippen molar-refractivity contribution in [3.63, 3.8) is 0 Å². The summed E-state index contributed by atoms with van der Waals surface area (Å²) in [6.45, 7) is 18.8. The standard InChI is InChI=1S/C31H38NO/c1-19-24(22-15-14-20(18-32(22)9)29(2,3)4)28-25(21-12-10-11-13-23(21)33-28)27-26(19)30(5,6)16-17-31(27,7)8/h10-15,18H,16-17H2,1-9H3/q+1. The van der Waals surface area contributed by atoms with Crippen LogP contribution in [-0.4, -0.2) is 0 Å². The van der Waals surface area contributed by atoms with Gasteiger partial charge in [-0.15, -0.1) is 0 Å².